The van der Waals surface area contributed by atoms with Crippen LogP contribution in [0.15, 0.2) is 63.8 Å². The number of carbonyl (C=O) groups is 2. The number of para-hydroxylation sites is 1. The lowest BCUT2D eigenvalue weighted by atomic mass is 9.63. The topological polar surface area (TPSA) is 91.7 Å². The second kappa shape index (κ2) is 13.2. The van der Waals surface area contributed by atoms with Crippen LogP contribution in [0.2, 0.25) is 5.02 Å². The number of hydrogen-bond donors (Lipinski definition) is 2. The second-order valence-electron chi connectivity index (χ2n) is 13.5. The van der Waals surface area contributed by atoms with Crippen molar-refractivity contribution in [1.29, 1.82) is 0 Å². The van der Waals surface area contributed by atoms with E-state index in [4.69, 9.17) is 16.0 Å². The second-order valence-corrected chi connectivity index (χ2v) is 13.9. The highest BCUT2D eigenvalue weighted by molar-refractivity contribution is 6.30. The summed E-state index contributed by atoms with van der Waals surface area (Å²) < 4.78 is 5.83. The van der Waals surface area contributed by atoms with E-state index < -0.39 is 5.91 Å². The summed E-state index contributed by atoms with van der Waals surface area (Å²) in [6.07, 6.45) is 8.07. The highest BCUT2D eigenvalue weighted by Crippen LogP contribution is 2.46. The number of likely N-dealkylation sites (tertiary alicyclic amines) is 1. The maximum absolute atomic E-state index is 13.8. The van der Waals surface area contributed by atoms with Gasteiger partial charge < -0.3 is 20.0 Å². The molecule has 1 aliphatic carbocycles. The third-order valence-electron chi connectivity index (χ3n) is 9.14. The standard InChI is InChI=1S/C35H44ClN3O4/c1-34(2,3)38-33(42)35(25-9-5-4-6-10-25)17-19-39(20-18-35)23-27(21-24-13-15-26(36)16-14-24)37-32(41)31-22-29(40)28-11-7-8-12-30(28)43-31/h7-8,11-16,22,25,27H,4-6,9-10,17-21,23H2,1-3H3,(H,37,41)(H,38,42)/t27-/m0/s1. The molecule has 2 amide bonds. The van der Waals surface area contributed by atoms with Crippen molar-refractivity contribution >= 4 is 34.4 Å². The molecule has 0 radical (unpaired) electrons. The molecule has 5 rings (SSSR count). The Balaban J connectivity index is 1.33. The molecule has 2 heterocycles. The van der Waals surface area contributed by atoms with Crippen LogP contribution >= 0.6 is 11.6 Å². The number of piperidine rings is 1. The summed E-state index contributed by atoms with van der Waals surface area (Å²) in [7, 11) is 0. The van der Waals surface area contributed by atoms with Gasteiger partial charge in [-0.15, -0.1) is 0 Å². The van der Waals surface area contributed by atoms with E-state index in [2.05, 4.69) is 36.3 Å². The molecule has 7 nitrogen and oxygen atoms in total. The molecule has 2 fully saturated rings. The zero-order valence-corrected chi connectivity index (χ0v) is 26.3. The first kappa shape index (κ1) is 31.3. The third kappa shape index (κ3) is 7.68. The molecule has 0 spiro atoms. The Morgan fingerprint density at radius 1 is 1.02 bits per heavy atom. The van der Waals surface area contributed by atoms with E-state index >= 15 is 0 Å². The lowest BCUT2D eigenvalue weighted by Crippen LogP contribution is -2.57. The maximum Gasteiger partial charge on any atom is 0.287 e. The van der Waals surface area contributed by atoms with Gasteiger partial charge in [-0.05, 0) is 102 Å². The molecular formula is C35H44ClN3O4. The van der Waals surface area contributed by atoms with E-state index in [0.717, 1.165) is 44.3 Å². The predicted octanol–water partition coefficient (Wildman–Crippen LogP) is 6.36. The molecule has 0 bridgehead atoms. The zero-order chi connectivity index (χ0) is 30.6. The van der Waals surface area contributed by atoms with Crippen LogP contribution in [0.3, 0.4) is 0 Å². The maximum atomic E-state index is 13.8. The van der Waals surface area contributed by atoms with E-state index in [1.165, 1.54) is 25.3 Å². The fourth-order valence-electron chi connectivity index (χ4n) is 6.93. The number of halogens is 1. The highest BCUT2D eigenvalue weighted by Gasteiger charge is 2.48. The Morgan fingerprint density at radius 3 is 2.37 bits per heavy atom. The van der Waals surface area contributed by atoms with Crippen LogP contribution in [0.4, 0.5) is 0 Å². The van der Waals surface area contributed by atoms with Gasteiger partial charge in [0.2, 0.25) is 5.91 Å². The molecule has 2 aliphatic rings. The molecule has 1 aromatic heterocycles. The molecule has 3 aromatic rings. The van der Waals surface area contributed by atoms with Gasteiger partial charge in [-0.1, -0.05) is 55.1 Å². The molecule has 1 atom stereocenters. The summed E-state index contributed by atoms with van der Waals surface area (Å²) in [5.41, 5.74) is 0.561. The summed E-state index contributed by atoms with van der Waals surface area (Å²) in [5, 5.41) is 7.57. The van der Waals surface area contributed by atoms with Crippen LogP contribution in [0.25, 0.3) is 11.0 Å². The van der Waals surface area contributed by atoms with Crippen molar-refractivity contribution in [2.24, 2.45) is 11.3 Å². The summed E-state index contributed by atoms with van der Waals surface area (Å²) in [6.45, 7) is 8.34. The number of rotatable bonds is 8. The first-order valence-electron chi connectivity index (χ1n) is 15.7. The quantitative estimate of drug-likeness (QED) is 0.312. The number of amides is 2. The van der Waals surface area contributed by atoms with Crippen molar-refractivity contribution in [2.75, 3.05) is 19.6 Å². The molecule has 230 valence electrons. The first-order valence-corrected chi connectivity index (χ1v) is 16.0. The van der Waals surface area contributed by atoms with Crippen molar-refractivity contribution in [2.45, 2.75) is 83.7 Å². The fourth-order valence-corrected chi connectivity index (χ4v) is 7.05. The number of nitrogens with one attached hydrogen (secondary N) is 2. The normalized spacial score (nSPS) is 18.7. The van der Waals surface area contributed by atoms with Gasteiger partial charge in [0.1, 0.15) is 5.58 Å². The summed E-state index contributed by atoms with van der Waals surface area (Å²) >= 11 is 6.13. The van der Waals surface area contributed by atoms with Crippen LogP contribution in [0.1, 0.15) is 81.8 Å². The zero-order valence-electron chi connectivity index (χ0n) is 25.6. The van der Waals surface area contributed by atoms with Gasteiger partial charge in [-0.3, -0.25) is 14.4 Å². The fraction of sp³-hybridized carbons (Fsp3) is 0.514. The summed E-state index contributed by atoms with van der Waals surface area (Å²) in [4.78, 5) is 42.3. The van der Waals surface area contributed by atoms with Crippen LogP contribution < -0.4 is 16.1 Å². The van der Waals surface area contributed by atoms with Crippen LogP contribution in [0, 0.1) is 11.3 Å². The van der Waals surface area contributed by atoms with Crippen LogP contribution in [-0.4, -0.2) is 47.9 Å². The molecule has 1 saturated carbocycles. The minimum absolute atomic E-state index is 0.00128. The average molecular weight is 606 g/mol. The molecule has 1 aliphatic heterocycles. The molecule has 1 saturated heterocycles. The van der Waals surface area contributed by atoms with E-state index in [9.17, 15) is 14.4 Å². The number of nitrogens with zero attached hydrogens (tertiary/aromatic N) is 1. The number of fused-ring (bicyclic) bond motifs is 1. The van der Waals surface area contributed by atoms with E-state index in [1.54, 1.807) is 24.3 Å². The average Bonchev–Trinajstić information content (AvgIpc) is 2.98. The number of benzene rings is 2. The van der Waals surface area contributed by atoms with Gasteiger partial charge in [0.15, 0.2) is 11.2 Å². The molecule has 8 heteroatoms. The first-order chi connectivity index (χ1) is 20.5. The van der Waals surface area contributed by atoms with E-state index in [0.29, 0.717) is 34.9 Å². The monoisotopic (exact) mass is 605 g/mol. The van der Waals surface area contributed by atoms with Crippen LogP contribution in [0.5, 0.6) is 0 Å². The molecule has 0 unspecified atom stereocenters. The van der Waals surface area contributed by atoms with Crippen molar-refractivity contribution in [3.05, 3.63) is 81.2 Å². The smallest absolute Gasteiger partial charge is 0.287 e. The Kier molecular flexibility index (Phi) is 9.62. The van der Waals surface area contributed by atoms with Crippen LogP contribution in [-0.2, 0) is 11.2 Å². The Morgan fingerprint density at radius 2 is 1.70 bits per heavy atom. The molecule has 43 heavy (non-hydrogen) atoms. The lowest BCUT2D eigenvalue weighted by molar-refractivity contribution is -0.141. The van der Waals surface area contributed by atoms with Gasteiger partial charge in [-0.2, -0.15) is 0 Å². The van der Waals surface area contributed by atoms with Gasteiger partial charge in [0.25, 0.3) is 5.91 Å². The van der Waals surface area contributed by atoms with Gasteiger partial charge in [-0.25, -0.2) is 0 Å². The van der Waals surface area contributed by atoms with Crippen molar-refractivity contribution in [1.82, 2.24) is 15.5 Å². The van der Waals surface area contributed by atoms with Gasteiger partial charge >= 0.3 is 0 Å². The SMILES string of the molecule is CC(C)(C)NC(=O)C1(C2CCCCC2)CCN(C[C@H](Cc2ccc(Cl)cc2)NC(=O)c2cc(=O)c3ccccc3o2)CC1. The summed E-state index contributed by atoms with van der Waals surface area (Å²) in [6, 6.07) is 15.6. The number of carbonyl (C=O) groups excluding carboxylic acids is 2. The van der Waals surface area contributed by atoms with E-state index in [-0.39, 0.29) is 34.1 Å². The highest BCUT2D eigenvalue weighted by atomic mass is 35.5. The minimum Gasteiger partial charge on any atom is -0.451 e. The van der Waals surface area contributed by atoms with Crippen molar-refractivity contribution < 1.29 is 14.0 Å². The Hall–Kier alpha value is -3.16. The van der Waals surface area contributed by atoms with Gasteiger partial charge in [0.05, 0.1) is 10.8 Å². The molecule has 2 N–H and O–H groups in total. The lowest BCUT2D eigenvalue weighted by Gasteiger charge is -2.48. The minimum atomic E-state index is -0.417. The molecule has 2 aromatic carbocycles. The predicted molar refractivity (Wildman–Crippen MR) is 171 cm³/mol. The Bertz CT molecular complexity index is 1480. The third-order valence-corrected chi connectivity index (χ3v) is 9.40. The Labute approximate surface area is 259 Å². The van der Waals surface area contributed by atoms with E-state index in [1.807, 2.05) is 24.3 Å². The molecular weight excluding hydrogens is 562 g/mol. The summed E-state index contributed by atoms with van der Waals surface area (Å²) in [5.74, 6) is 0.188. The largest absolute Gasteiger partial charge is 0.451 e. The van der Waals surface area contributed by atoms with Gasteiger partial charge in [0, 0.05) is 29.2 Å². The van der Waals surface area contributed by atoms with Crippen molar-refractivity contribution in [3.8, 4) is 0 Å². The van der Waals surface area contributed by atoms with Crippen molar-refractivity contribution in [3.63, 3.8) is 0 Å². The number of hydrogen-bond acceptors (Lipinski definition) is 5.